The van der Waals surface area contributed by atoms with Crippen molar-refractivity contribution in [3.8, 4) is 0 Å². The minimum Gasteiger partial charge on any atom is -0.480 e. The van der Waals surface area contributed by atoms with E-state index in [0.29, 0.717) is 5.57 Å². The Balaban J connectivity index is 4.62. The van der Waals surface area contributed by atoms with E-state index in [1.165, 1.54) is 0 Å². The molecule has 4 nitrogen and oxygen atoms in total. The SMILES string of the molecule is C/C=C(\C)C(C(=O)O)C(=O)OCC. The van der Waals surface area contributed by atoms with Gasteiger partial charge < -0.3 is 9.84 Å². The van der Waals surface area contributed by atoms with Crippen LogP contribution in [-0.2, 0) is 14.3 Å². The van der Waals surface area contributed by atoms with E-state index in [-0.39, 0.29) is 6.61 Å². The molecular formula is C9H14O4. The van der Waals surface area contributed by atoms with Crippen LogP contribution in [0, 0.1) is 5.92 Å². The second-order valence-corrected chi connectivity index (χ2v) is 2.56. The average Bonchev–Trinajstić information content (AvgIpc) is 2.04. The van der Waals surface area contributed by atoms with Crippen LogP contribution in [0.1, 0.15) is 20.8 Å². The Hall–Kier alpha value is -1.32. The lowest BCUT2D eigenvalue weighted by Crippen LogP contribution is -2.26. The van der Waals surface area contributed by atoms with Gasteiger partial charge >= 0.3 is 11.9 Å². The Kier molecular flexibility index (Phi) is 4.80. The Morgan fingerprint density at radius 1 is 1.54 bits per heavy atom. The number of hydrogen-bond acceptors (Lipinski definition) is 3. The lowest BCUT2D eigenvalue weighted by molar-refractivity contribution is -0.156. The molecule has 0 saturated heterocycles. The molecule has 0 radical (unpaired) electrons. The topological polar surface area (TPSA) is 63.6 Å². The number of rotatable bonds is 4. The molecule has 74 valence electrons. The van der Waals surface area contributed by atoms with E-state index in [0.717, 1.165) is 0 Å². The van der Waals surface area contributed by atoms with Crippen LogP contribution in [-0.4, -0.2) is 23.7 Å². The molecule has 1 N–H and O–H groups in total. The number of carboxylic acid groups (broad SMARTS) is 1. The second-order valence-electron chi connectivity index (χ2n) is 2.56. The first-order valence-corrected chi connectivity index (χ1v) is 4.06. The summed E-state index contributed by atoms with van der Waals surface area (Å²) in [4.78, 5) is 21.8. The maximum absolute atomic E-state index is 11.1. The van der Waals surface area contributed by atoms with Crippen LogP contribution in [0.4, 0.5) is 0 Å². The number of hydrogen-bond donors (Lipinski definition) is 1. The van der Waals surface area contributed by atoms with Gasteiger partial charge in [0.1, 0.15) is 0 Å². The monoisotopic (exact) mass is 186 g/mol. The van der Waals surface area contributed by atoms with Gasteiger partial charge in [-0.25, -0.2) is 0 Å². The molecule has 0 fully saturated rings. The molecule has 0 bridgehead atoms. The summed E-state index contributed by atoms with van der Waals surface area (Å²) in [5.74, 6) is -3.04. The summed E-state index contributed by atoms with van der Waals surface area (Å²) in [5.41, 5.74) is 0.492. The van der Waals surface area contributed by atoms with Crippen molar-refractivity contribution in [3.05, 3.63) is 11.6 Å². The van der Waals surface area contributed by atoms with Gasteiger partial charge in [-0.15, -0.1) is 0 Å². The number of carbonyl (C=O) groups is 2. The van der Waals surface area contributed by atoms with E-state index in [1.807, 2.05) is 0 Å². The minimum absolute atomic E-state index is 0.194. The summed E-state index contributed by atoms with van der Waals surface area (Å²) in [6.45, 7) is 5.11. The standard InChI is InChI=1S/C9H14O4/c1-4-6(3)7(8(10)11)9(12)13-5-2/h4,7H,5H2,1-3H3,(H,10,11)/b6-4+. The normalized spacial score (nSPS) is 13.6. The summed E-state index contributed by atoms with van der Waals surface area (Å²) in [6, 6.07) is 0. The summed E-state index contributed by atoms with van der Waals surface area (Å²) >= 11 is 0. The zero-order chi connectivity index (χ0) is 10.4. The fraction of sp³-hybridized carbons (Fsp3) is 0.556. The maximum Gasteiger partial charge on any atom is 0.324 e. The second kappa shape index (κ2) is 5.35. The van der Waals surface area contributed by atoms with Gasteiger partial charge in [0.2, 0.25) is 0 Å². The fourth-order valence-electron chi connectivity index (χ4n) is 0.874. The fourth-order valence-corrected chi connectivity index (χ4v) is 0.874. The highest BCUT2D eigenvalue weighted by Crippen LogP contribution is 2.12. The quantitative estimate of drug-likeness (QED) is 0.407. The molecule has 0 aliphatic heterocycles. The van der Waals surface area contributed by atoms with Crippen molar-refractivity contribution in [3.63, 3.8) is 0 Å². The first-order valence-electron chi connectivity index (χ1n) is 4.06. The van der Waals surface area contributed by atoms with Crippen molar-refractivity contribution >= 4 is 11.9 Å². The molecule has 0 aliphatic carbocycles. The molecule has 0 rings (SSSR count). The average molecular weight is 186 g/mol. The van der Waals surface area contributed by atoms with Gasteiger partial charge in [0.15, 0.2) is 5.92 Å². The van der Waals surface area contributed by atoms with Crippen molar-refractivity contribution in [1.82, 2.24) is 0 Å². The molecule has 0 aliphatic rings. The molecule has 0 aromatic rings. The highest BCUT2D eigenvalue weighted by molar-refractivity contribution is 5.97. The van der Waals surface area contributed by atoms with E-state index >= 15 is 0 Å². The van der Waals surface area contributed by atoms with E-state index < -0.39 is 17.9 Å². The first-order chi connectivity index (χ1) is 6.04. The van der Waals surface area contributed by atoms with Gasteiger partial charge in [0, 0.05) is 0 Å². The third-order valence-corrected chi connectivity index (χ3v) is 1.68. The van der Waals surface area contributed by atoms with Crippen LogP contribution in [0.3, 0.4) is 0 Å². The molecule has 1 atom stereocenters. The minimum atomic E-state index is -1.17. The van der Waals surface area contributed by atoms with Gasteiger partial charge in [0.25, 0.3) is 0 Å². The number of esters is 1. The molecule has 0 aromatic heterocycles. The maximum atomic E-state index is 11.1. The summed E-state index contributed by atoms with van der Waals surface area (Å²) in [5, 5.41) is 8.73. The van der Waals surface area contributed by atoms with Gasteiger partial charge in [-0.1, -0.05) is 11.6 Å². The molecule has 0 saturated carbocycles. The number of carboxylic acids is 1. The Morgan fingerprint density at radius 2 is 2.08 bits per heavy atom. The number of ether oxygens (including phenoxy) is 1. The third-order valence-electron chi connectivity index (χ3n) is 1.68. The van der Waals surface area contributed by atoms with Crippen LogP contribution < -0.4 is 0 Å². The van der Waals surface area contributed by atoms with Crippen molar-refractivity contribution in [2.24, 2.45) is 5.92 Å². The van der Waals surface area contributed by atoms with Crippen LogP contribution in [0.5, 0.6) is 0 Å². The van der Waals surface area contributed by atoms with E-state index in [4.69, 9.17) is 5.11 Å². The molecule has 13 heavy (non-hydrogen) atoms. The molecule has 0 aromatic carbocycles. The zero-order valence-electron chi connectivity index (χ0n) is 8.03. The predicted molar refractivity (Wildman–Crippen MR) is 47.2 cm³/mol. The molecular weight excluding hydrogens is 172 g/mol. The third kappa shape index (κ3) is 3.27. The van der Waals surface area contributed by atoms with Gasteiger partial charge in [-0.2, -0.15) is 0 Å². The van der Waals surface area contributed by atoms with Crippen molar-refractivity contribution in [2.45, 2.75) is 20.8 Å². The van der Waals surface area contributed by atoms with E-state index in [2.05, 4.69) is 4.74 Å². The smallest absolute Gasteiger partial charge is 0.324 e. The summed E-state index contributed by atoms with van der Waals surface area (Å²) in [6.07, 6.45) is 1.59. The lowest BCUT2D eigenvalue weighted by atomic mass is 10.0. The summed E-state index contributed by atoms with van der Waals surface area (Å²) < 4.78 is 4.63. The molecule has 0 heterocycles. The van der Waals surface area contributed by atoms with E-state index in [1.54, 1.807) is 26.8 Å². The first kappa shape index (κ1) is 11.7. The molecule has 4 heteroatoms. The van der Waals surface area contributed by atoms with Gasteiger partial charge in [0.05, 0.1) is 6.61 Å². The Labute approximate surface area is 77.2 Å². The van der Waals surface area contributed by atoms with Crippen LogP contribution in [0.2, 0.25) is 0 Å². The lowest BCUT2D eigenvalue weighted by Gasteiger charge is -2.10. The largest absolute Gasteiger partial charge is 0.480 e. The molecule has 0 amide bonds. The zero-order valence-corrected chi connectivity index (χ0v) is 8.03. The molecule has 0 spiro atoms. The number of aliphatic carboxylic acids is 1. The van der Waals surface area contributed by atoms with Gasteiger partial charge in [-0.3, -0.25) is 9.59 Å². The van der Waals surface area contributed by atoms with Crippen LogP contribution in [0.15, 0.2) is 11.6 Å². The predicted octanol–water partition coefficient (Wildman–Crippen LogP) is 1.22. The number of allylic oxidation sites excluding steroid dienone is 1. The van der Waals surface area contributed by atoms with Crippen molar-refractivity contribution < 1.29 is 19.4 Å². The number of carbonyl (C=O) groups excluding carboxylic acids is 1. The van der Waals surface area contributed by atoms with Gasteiger partial charge in [-0.05, 0) is 20.8 Å². The van der Waals surface area contributed by atoms with Crippen LogP contribution in [0.25, 0.3) is 0 Å². The highest BCUT2D eigenvalue weighted by atomic mass is 16.5. The van der Waals surface area contributed by atoms with Crippen molar-refractivity contribution in [1.29, 1.82) is 0 Å². The summed E-state index contributed by atoms with van der Waals surface area (Å²) in [7, 11) is 0. The Morgan fingerprint density at radius 3 is 2.38 bits per heavy atom. The van der Waals surface area contributed by atoms with Crippen molar-refractivity contribution in [2.75, 3.05) is 6.61 Å². The van der Waals surface area contributed by atoms with Crippen LogP contribution >= 0.6 is 0 Å². The van der Waals surface area contributed by atoms with E-state index in [9.17, 15) is 9.59 Å². The Bertz CT molecular complexity index is 230. The highest BCUT2D eigenvalue weighted by Gasteiger charge is 2.28. The molecule has 1 unspecified atom stereocenters.